The third kappa shape index (κ3) is 4.10. The fourth-order valence-electron chi connectivity index (χ4n) is 4.02. The van der Waals surface area contributed by atoms with Crippen LogP contribution in [-0.2, 0) is 32.0 Å². The van der Waals surface area contributed by atoms with Gasteiger partial charge in [-0.05, 0) is 42.0 Å². The maximum Gasteiger partial charge on any atom is 0.326 e. The molecule has 2 aromatic rings. The second-order valence-electron chi connectivity index (χ2n) is 7.49. The number of hydrogen-bond donors (Lipinski definition) is 1. The molecule has 7 heteroatoms. The lowest BCUT2D eigenvalue weighted by Crippen LogP contribution is -2.45. The van der Waals surface area contributed by atoms with Crippen LogP contribution in [0.3, 0.4) is 0 Å². The van der Waals surface area contributed by atoms with E-state index < -0.39 is 36.8 Å². The Morgan fingerprint density at radius 3 is 2.60 bits per heavy atom. The van der Waals surface area contributed by atoms with Crippen LogP contribution in [0.5, 0.6) is 0 Å². The number of ether oxygens (including phenoxy) is 1. The summed E-state index contributed by atoms with van der Waals surface area (Å²) in [6, 6.07) is 14.7. The maximum absolute atomic E-state index is 12.5. The molecule has 0 spiro atoms. The van der Waals surface area contributed by atoms with E-state index in [4.69, 9.17) is 4.74 Å². The highest BCUT2D eigenvalue weighted by Crippen LogP contribution is 2.29. The van der Waals surface area contributed by atoms with Gasteiger partial charge in [-0.15, -0.1) is 0 Å². The van der Waals surface area contributed by atoms with Crippen LogP contribution in [0.1, 0.15) is 45.9 Å². The molecule has 1 aliphatic heterocycles. The minimum atomic E-state index is -0.796. The smallest absolute Gasteiger partial charge is 0.326 e. The van der Waals surface area contributed by atoms with E-state index in [0.29, 0.717) is 11.1 Å². The Morgan fingerprint density at radius 1 is 1.03 bits per heavy atom. The van der Waals surface area contributed by atoms with Crippen molar-refractivity contribution in [2.75, 3.05) is 13.2 Å². The third-order valence-corrected chi connectivity index (χ3v) is 5.49. The summed E-state index contributed by atoms with van der Waals surface area (Å²) in [5.41, 5.74) is 3.35. The Labute approximate surface area is 174 Å². The van der Waals surface area contributed by atoms with Crippen LogP contribution in [0, 0.1) is 0 Å². The molecule has 0 unspecified atom stereocenters. The molecule has 0 saturated heterocycles. The lowest BCUT2D eigenvalue weighted by atomic mass is 9.88. The minimum absolute atomic E-state index is 0.0523. The van der Waals surface area contributed by atoms with Crippen molar-refractivity contribution in [2.45, 2.75) is 31.7 Å². The van der Waals surface area contributed by atoms with Crippen LogP contribution in [0.4, 0.5) is 0 Å². The van der Waals surface area contributed by atoms with Gasteiger partial charge in [0.15, 0.2) is 6.61 Å². The second kappa shape index (κ2) is 8.49. The zero-order valence-corrected chi connectivity index (χ0v) is 16.4. The molecule has 2 aromatic carbocycles. The number of aryl methyl sites for hydroxylation is 1. The first-order chi connectivity index (χ1) is 14.5. The van der Waals surface area contributed by atoms with E-state index in [1.54, 1.807) is 24.3 Å². The Hall–Kier alpha value is -3.48. The molecule has 1 aliphatic carbocycles. The van der Waals surface area contributed by atoms with Crippen LogP contribution >= 0.6 is 0 Å². The molecule has 0 fully saturated rings. The van der Waals surface area contributed by atoms with E-state index in [9.17, 15) is 19.2 Å². The first kappa shape index (κ1) is 19.8. The van der Waals surface area contributed by atoms with Crippen LogP contribution in [0.25, 0.3) is 0 Å². The molecule has 1 atom stereocenters. The van der Waals surface area contributed by atoms with Crippen molar-refractivity contribution in [1.29, 1.82) is 0 Å². The maximum atomic E-state index is 12.5. The van der Waals surface area contributed by atoms with Crippen molar-refractivity contribution in [1.82, 2.24) is 10.2 Å². The highest BCUT2D eigenvalue weighted by atomic mass is 16.5. The lowest BCUT2D eigenvalue weighted by Gasteiger charge is -2.27. The average Bonchev–Trinajstić information content (AvgIpc) is 2.75. The first-order valence-electron chi connectivity index (χ1n) is 9.98. The van der Waals surface area contributed by atoms with E-state index in [2.05, 4.69) is 11.4 Å². The van der Waals surface area contributed by atoms with Crippen molar-refractivity contribution in [3.8, 4) is 0 Å². The standard InChI is InChI=1S/C23H22N2O5/c26-20(24-19-11-5-8-15-6-1-3-9-17(15)19)14-30-22(28)13-25-21(27)12-16-7-2-4-10-18(16)23(25)29/h1-4,6-7,9-10,19H,5,8,11-14H2,(H,24,26)/t19-/m0/s1. The number of esters is 1. The first-order valence-corrected chi connectivity index (χ1v) is 9.98. The van der Waals surface area contributed by atoms with Gasteiger partial charge < -0.3 is 10.1 Å². The van der Waals surface area contributed by atoms with Gasteiger partial charge >= 0.3 is 5.97 Å². The highest BCUT2D eigenvalue weighted by Gasteiger charge is 2.32. The number of amides is 3. The molecular weight excluding hydrogens is 384 g/mol. The summed E-state index contributed by atoms with van der Waals surface area (Å²) >= 11 is 0. The number of carbonyl (C=O) groups excluding carboxylic acids is 4. The van der Waals surface area contributed by atoms with Gasteiger partial charge in [0, 0.05) is 5.56 Å². The van der Waals surface area contributed by atoms with Crippen LogP contribution in [0.2, 0.25) is 0 Å². The summed E-state index contributed by atoms with van der Waals surface area (Å²) in [5.74, 6) is -2.19. The van der Waals surface area contributed by atoms with Gasteiger partial charge in [-0.25, -0.2) is 0 Å². The predicted octanol–water partition coefficient (Wildman–Crippen LogP) is 1.95. The van der Waals surface area contributed by atoms with Gasteiger partial charge in [0.05, 0.1) is 12.5 Å². The number of nitrogens with one attached hydrogen (secondary N) is 1. The molecule has 2 aliphatic rings. The molecular formula is C23H22N2O5. The molecule has 154 valence electrons. The van der Waals surface area contributed by atoms with Gasteiger partial charge in [0.1, 0.15) is 6.54 Å². The van der Waals surface area contributed by atoms with Crippen molar-refractivity contribution in [2.24, 2.45) is 0 Å². The van der Waals surface area contributed by atoms with Crippen LogP contribution < -0.4 is 5.32 Å². The summed E-state index contributed by atoms with van der Waals surface area (Å²) in [5, 5.41) is 2.90. The minimum Gasteiger partial charge on any atom is -0.454 e. The number of fused-ring (bicyclic) bond motifs is 2. The SMILES string of the molecule is O=C(COC(=O)CN1C(=O)Cc2ccccc2C1=O)N[C@H]1CCCc2ccccc21. The molecule has 0 aromatic heterocycles. The van der Waals surface area contributed by atoms with Crippen LogP contribution in [0.15, 0.2) is 48.5 Å². The Morgan fingerprint density at radius 2 is 1.77 bits per heavy atom. The Bertz CT molecular complexity index is 1020. The molecule has 0 bridgehead atoms. The molecule has 1 N–H and O–H groups in total. The van der Waals surface area contributed by atoms with E-state index >= 15 is 0 Å². The predicted molar refractivity (Wildman–Crippen MR) is 107 cm³/mol. The van der Waals surface area contributed by atoms with Crippen molar-refractivity contribution >= 4 is 23.7 Å². The molecule has 0 radical (unpaired) electrons. The van der Waals surface area contributed by atoms with Crippen molar-refractivity contribution in [3.05, 3.63) is 70.8 Å². The molecule has 7 nitrogen and oxygen atoms in total. The quantitative estimate of drug-likeness (QED) is 0.605. The van der Waals surface area contributed by atoms with E-state index in [1.807, 2.05) is 18.2 Å². The van der Waals surface area contributed by atoms with Gasteiger partial charge in [0.25, 0.3) is 11.8 Å². The second-order valence-corrected chi connectivity index (χ2v) is 7.49. The number of benzene rings is 2. The normalized spacial score (nSPS) is 17.7. The number of nitrogens with zero attached hydrogens (tertiary/aromatic N) is 1. The number of hydrogen-bond acceptors (Lipinski definition) is 5. The van der Waals surface area contributed by atoms with Gasteiger partial charge in [0.2, 0.25) is 5.91 Å². The summed E-state index contributed by atoms with van der Waals surface area (Å²) in [7, 11) is 0. The van der Waals surface area contributed by atoms with Crippen molar-refractivity contribution < 1.29 is 23.9 Å². The van der Waals surface area contributed by atoms with Gasteiger partial charge in [-0.1, -0.05) is 42.5 Å². The third-order valence-electron chi connectivity index (χ3n) is 5.49. The zero-order chi connectivity index (χ0) is 21.1. The van der Waals surface area contributed by atoms with Crippen LogP contribution in [-0.4, -0.2) is 41.7 Å². The highest BCUT2D eigenvalue weighted by molar-refractivity contribution is 6.11. The summed E-state index contributed by atoms with van der Waals surface area (Å²) in [6.45, 7) is -0.962. The largest absolute Gasteiger partial charge is 0.454 e. The van der Waals surface area contributed by atoms with Crippen molar-refractivity contribution in [3.63, 3.8) is 0 Å². The number of imide groups is 1. The van der Waals surface area contributed by atoms with Gasteiger partial charge in [-0.3, -0.25) is 24.1 Å². The van der Waals surface area contributed by atoms with Gasteiger partial charge in [-0.2, -0.15) is 0 Å². The fraction of sp³-hybridized carbons (Fsp3) is 0.304. The summed E-state index contributed by atoms with van der Waals surface area (Å²) < 4.78 is 5.02. The number of rotatable bonds is 5. The topological polar surface area (TPSA) is 92.8 Å². The monoisotopic (exact) mass is 406 g/mol. The molecule has 0 saturated carbocycles. The average molecular weight is 406 g/mol. The number of carbonyl (C=O) groups is 4. The Kier molecular flexibility index (Phi) is 5.61. The molecule has 30 heavy (non-hydrogen) atoms. The summed E-state index contributed by atoms with van der Waals surface area (Å²) in [6.07, 6.45) is 2.84. The van der Waals surface area contributed by atoms with E-state index in [0.717, 1.165) is 29.7 Å². The molecule has 1 heterocycles. The fourth-order valence-corrected chi connectivity index (χ4v) is 4.02. The van der Waals surface area contributed by atoms with E-state index in [1.165, 1.54) is 5.56 Å². The Balaban J connectivity index is 1.31. The molecule has 3 amide bonds. The lowest BCUT2D eigenvalue weighted by molar-refractivity contribution is -0.151. The molecule has 4 rings (SSSR count). The van der Waals surface area contributed by atoms with E-state index in [-0.39, 0.29) is 12.5 Å². The zero-order valence-electron chi connectivity index (χ0n) is 16.4. The summed E-state index contributed by atoms with van der Waals surface area (Å²) in [4.78, 5) is 50.0.